The van der Waals surface area contributed by atoms with Crippen LogP contribution in [0.4, 0.5) is 0 Å². The van der Waals surface area contributed by atoms with Crippen molar-refractivity contribution < 1.29 is 5.11 Å². The highest BCUT2D eigenvalue weighted by Crippen LogP contribution is 2.25. The second-order valence-electron chi connectivity index (χ2n) is 4.14. The van der Waals surface area contributed by atoms with Gasteiger partial charge in [-0.25, -0.2) is 4.98 Å². The minimum Gasteiger partial charge on any atom is -0.508 e. The van der Waals surface area contributed by atoms with Gasteiger partial charge in [-0.3, -0.25) is 0 Å². The van der Waals surface area contributed by atoms with Crippen molar-refractivity contribution in [2.45, 2.75) is 26.4 Å². The van der Waals surface area contributed by atoms with Crippen LogP contribution in [-0.2, 0) is 6.54 Å². The van der Waals surface area contributed by atoms with Crippen LogP contribution in [0.5, 0.6) is 5.75 Å². The van der Waals surface area contributed by atoms with Crippen molar-refractivity contribution in [1.29, 1.82) is 0 Å². The van der Waals surface area contributed by atoms with E-state index in [9.17, 15) is 5.11 Å². The normalized spacial score (nSPS) is 12.6. The van der Waals surface area contributed by atoms with Crippen molar-refractivity contribution in [3.05, 3.63) is 45.9 Å². The van der Waals surface area contributed by atoms with Gasteiger partial charge in [0.1, 0.15) is 5.75 Å². The molecule has 0 saturated carbocycles. The first-order valence-corrected chi connectivity index (χ1v) is 6.51. The Morgan fingerprint density at radius 3 is 3.00 bits per heavy atom. The number of hydrogen-bond acceptors (Lipinski definition) is 4. The molecule has 1 unspecified atom stereocenters. The van der Waals surface area contributed by atoms with Gasteiger partial charge < -0.3 is 10.4 Å². The molecular formula is C13H16N2OS. The number of phenols is 1. The lowest BCUT2D eigenvalue weighted by molar-refractivity contribution is 0.451. The van der Waals surface area contributed by atoms with Crippen LogP contribution in [0.1, 0.15) is 29.8 Å². The zero-order valence-electron chi connectivity index (χ0n) is 9.97. The highest BCUT2D eigenvalue weighted by Gasteiger charge is 2.10. The molecule has 1 heterocycles. The van der Waals surface area contributed by atoms with Crippen molar-refractivity contribution in [3.8, 4) is 5.75 Å². The van der Waals surface area contributed by atoms with Gasteiger partial charge in [0, 0.05) is 23.5 Å². The molecule has 2 aromatic rings. The minimum atomic E-state index is 0.108. The first-order chi connectivity index (χ1) is 8.16. The molecule has 0 radical (unpaired) electrons. The molecular weight excluding hydrogens is 232 g/mol. The van der Waals surface area contributed by atoms with Crippen LogP contribution in [-0.4, -0.2) is 10.1 Å². The Morgan fingerprint density at radius 1 is 1.47 bits per heavy atom. The molecule has 2 N–H and O–H groups in total. The third-order valence-corrected chi connectivity index (χ3v) is 3.36. The van der Waals surface area contributed by atoms with E-state index in [1.54, 1.807) is 17.4 Å². The lowest BCUT2D eigenvalue weighted by Gasteiger charge is -2.15. The molecule has 2 rings (SSSR count). The topological polar surface area (TPSA) is 45.1 Å². The Kier molecular flexibility index (Phi) is 3.76. The maximum absolute atomic E-state index is 9.81. The average molecular weight is 248 g/mol. The number of nitrogens with zero attached hydrogens (tertiary/aromatic N) is 1. The maximum atomic E-state index is 9.81. The molecule has 0 fully saturated rings. The maximum Gasteiger partial charge on any atom is 0.120 e. The molecule has 0 aliphatic heterocycles. The van der Waals surface area contributed by atoms with Crippen molar-refractivity contribution in [2.75, 3.05) is 0 Å². The van der Waals surface area contributed by atoms with Gasteiger partial charge in [-0.15, -0.1) is 11.3 Å². The number of nitrogens with one attached hydrogen (secondary N) is 1. The summed E-state index contributed by atoms with van der Waals surface area (Å²) in [5.74, 6) is 0.342. The van der Waals surface area contributed by atoms with E-state index in [2.05, 4.69) is 10.3 Å². The van der Waals surface area contributed by atoms with Crippen LogP contribution in [0.2, 0.25) is 0 Å². The van der Waals surface area contributed by atoms with E-state index in [1.807, 2.05) is 36.9 Å². The van der Waals surface area contributed by atoms with E-state index >= 15 is 0 Å². The third kappa shape index (κ3) is 3.05. The summed E-state index contributed by atoms with van der Waals surface area (Å²) in [5.41, 5.74) is 4.94. The van der Waals surface area contributed by atoms with E-state index < -0.39 is 0 Å². The molecule has 3 nitrogen and oxygen atoms in total. The van der Waals surface area contributed by atoms with Crippen molar-refractivity contribution in [1.82, 2.24) is 10.3 Å². The molecule has 4 heteroatoms. The summed E-state index contributed by atoms with van der Waals surface area (Å²) in [6.45, 7) is 4.79. The number of aromatic hydroxyl groups is 1. The highest BCUT2D eigenvalue weighted by molar-refractivity contribution is 7.07. The lowest BCUT2D eigenvalue weighted by Crippen LogP contribution is -2.18. The summed E-state index contributed by atoms with van der Waals surface area (Å²) in [4.78, 5) is 4.22. The Morgan fingerprint density at radius 2 is 2.29 bits per heavy atom. The average Bonchev–Trinajstić information content (AvgIpc) is 2.82. The van der Waals surface area contributed by atoms with Gasteiger partial charge in [0.05, 0.1) is 11.2 Å². The molecule has 0 saturated heterocycles. The lowest BCUT2D eigenvalue weighted by atomic mass is 10.0. The Labute approximate surface area is 105 Å². The summed E-state index contributed by atoms with van der Waals surface area (Å²) in [6, 6.07) is 5.77. The van der Waals surface area contributed by atoms with Crippen molar-refractivity contribution in [2.24, 2.45) is 0 Å². The first kappa shape index (κ1) is 12.1. The van der Waals surface area contributed by atoms with E-state index in [1.165, 1.54) is 0 Å². The smallest absolute Gasteiger partial charge is 0.120 e. The number of benzene rings is 1. The number of rotatable bonds is 4. The van der Waals surface area contributed by atoms with E-state index in [-0.39, 0.29) is 6.04 Å². The number of aromatic nitrogens is 1. The fraction of sp³-hybridized carbons (Fsp3) is 0.308. The zero-order chi connectivity index (χ0) is 12.3. The second kappa shape index (κ2) is 5.29. The summed E-state index contributed by atoms with van der Waals surface area (Å²) in [5, 5.41) is 15.2. The van der Waals surface area contributed by atoms with Crippen LogP contribution in [0.3, 0.4) is 0 Å². The Bertz CT molecular complexity index is 482. The molecule has 0 amide bonds. The van der Waals surface area contributed by atoms with Gasteiger partial charge in [0.25, 0.3) is 0 Å². The monoisotopic (exact) mass is 248 g/mol. The molecule has 1 aromatic carbocycles. The largest absolute Gasteiger partial charge is 0.508 e. The SMILES string of the molecule is Cc1ccc(O)c(C(C)NCc2cscn2)c1. The molecule has 0 spiro atoms. The van der Waals surface area contributed by atoms with Crippen LogP contribution < -0.4 is 5.32 Å². The molecule has 1 atom stereocenters. The van der Waals surface area contributed by atoms with E-state index in [4.69, 9.17) is 0 Å². The number of hydrogen-bond donors (Lipinski definition) is 2. The molecule has 90 valence electrons. The quantitative estimate of drug-likeness (QED) is 0.874. The first-order valence-electron chi connectivity index (χ1n) is 5.57. The van der Waals surface area contributed by atoms with Gasteiger partial charge >= 0.3 is 0 Å². The Hall–Kier alpha value is -1.39. The van der Waals surface area contributed by atoms with Crippen molar-refractivity contribution in [3.63, 3.8) is 0 Å². The third-order valence-electron chi connectivity index (χ3n) is 2.72. The number of aryl methyl sites for hydroxylation is 1. The predicted molar refractivity (Wildman–Crippen MR) is 70.2 cm³/mol. The van der Waals surface area contributed by atoms with Crippen LogP contribution in [0.25, 0.3) is 0 Å². The van der Waals surface area contributed by atoms with Crippen molar-refractivity contribution >= 4 is 11.3 Å². The second-order valence-corrected chi connectivity index (χ2v) is 4.86. The molecule has 1 aromatic heterocycles. The fourth-order valence-electron chi connectivity index (χ4n) is 1.71. The van der Waals surface area contributed by atoms with Crippen LogP contribution in [0.15, 0.2) is 29.1 Å². The summed E-state index contributed by atoms with van der Waals surface area (Å²) < 4.78 is 0. The molecule has 0 aliphatic rings. The molecule has 17 heavy (non-hydrogen) atoms. The fourth-order valence-corrected chi connectivity index (χ4v) is 2.27. The molecule has 0 aliphatic carbocycles. The van der Waals surface area contributed by atoms with Gasteiger partial charge in [0.2, 0.25) is 0 Å². The number of phenolic OH excluding ortho intramolecular Hbond substituents is 1. The van der Waals surface area contributed by atoms with E-state index in [0.717, 1.165) is 23.4 Å². The minimum absolute atomic E-state index is 0.108. The highest BCUT2D eigenvalue weighted by atomic mass is 32.1. The predicted octanol–water partition coefficient (Wildman–Crippen LogP) is 3.01. The van der Waals surface area contributed by atoms with Gasteiger partial charge in [-0.05, 0) is 19.9 Å². The standard InChI is InChI=1S/C13H16N2OS/c1-9-3-4-13(16)12(5-9)10(2)14-6-11-7-17-8-15-11/h3-5,7-8,10,14,16H,6H2,1-2H3. The van der Waals surface area contributed by atoms with E-state index in [0.29, 0.717) is 5.75 Å². The zero-order valence-corrected chi connectivity index (χ0v) is 10.8. The summed E-state index contributed by atoms with van der Waals surface area (Å²) in [7, 11) is 0. The van der Waals surface area contributed by atoms with Crippen LogP contribution >= 0.6 is 11.3 Å². The van der Waals surface area contributed by atoms with Gasteiger partial charge in [-0.1, -0.05) is 17.7 Å². The van der Waals surface area contributed by atoms with Crippen LogP contribution in [0, 0.1) is 6.92 Å². The number of thiazole rings is 1. The van der Waals surface area contributed by atoms with Gasteiger partial charge in [0.15, 0.2) is 0 Å². The Balaban J connectivity index is 2.04. The molecule has 0 bridgehead atoms. The summed E-state index contributed by atoms with van der Waals surface area (Å²) in [6.07, 6.45) is 0. The van der Waals surface area contributed by atoms with Gasteiger partial charge in [-0.2, -0.15) is 0 Å². The summed E-state index contributed by atoms with van der Waals surface area (Å²) >= 11 is 1.59.